The van der Waals surface area contributed by atoms with Crippen molar-refractivity contribution in [2.45, 2.75) is 25.3 Å². The molecule has 0 atom stereocenters. The molecule has 0 aliphatic carbocycles. The molecule has 0 radical (unpaired) electrons. The van der Waals surface area contributed by atoms with Gasteiger partial charge in [0.05, 0.1) is 4.90 Å². The Morgan fingerprint density at radius 2 is 1.78 bits per heavy atom. The van der Waals surface area contributed by atoms with E-state index in [0.29, 0.717) is 28.8 Å². The molecule has 27 heavy (non-hydrogen) atoms. The number of nitrogens with zero attached hydrogens (tertiary/aromatic N) is 1. The molecule has 0 saturated carbocycles. The molecule has 1 aromatic heterocycles. The van der Waals surface area contributed by atoms with Gasteiger partial charge < -0.3 is 13.9 Å². The lowest BCUT2D eigenvalue weighted by Gasteiger charge is -2.08. The first-order valence-electron chi connectivity index (χ1n) is 8.35. The molecule has 1 N–H and O–H groups in total. The van der Waals surface area contributed by atoms with Crippen molar-refractivity contribution in [3.8, 4) is 22.8 Å². The fourth-order valence-electron chi connectivity index (χ4n) is 2.90. The molecule has 0 saturated heterocycles. The smallest absolute Gasteiger partial charge is 0.240 e. The van der Waals surface area contributed by atoms with E-state index in [-0.39, 0.29) is 18.2 Å². The van der Waals surface area contributed by atoms with Crippen molar-refractivity contribution in [3.63, 3.8) is 0 Å². The monoisotopic (exact) mass is 386 g/mol. The fourth-order valence-corrected chi connectivity index (χ4v) is 3.92. The molecule has 2 heterocycles. The van der Waals surface area contributed by atoms with Crippen molar-refractivity contribution >= 4 is 10.0 Å². The number of aromatic nitrogens is 1. The Morgan fingerprint density at radius 1 is 1.04 bits per heavy atom. The Morgan fingerprint density at radius 3 is 2.48 bits per heavy atom. The number of fused-ring (bicyclic) bond motifs is 1. The molecule has 0 amide bonds. The Kier molecular flexibility index (Phi) is 4.37. The number of rotatable bonds is 5. The number of hydrogen-bond acceptors (Lipinski definition) is 6. The second kappa shape index (κ2) is 6.71. The van der Waals surface area contributed by atoms with E-state index < -0.39 is 10.0 Å². The average molecular weight is 386 g/mol. The normalized spacial score (nSPS) is 13.1. The molecule has 8 heteroatoms. The van der Waals surface area contributed by atoms with Gasteiger partial charge in [-0.05, 0) is 36.8 Å². The van der Waals surface area contributed by atoms with Crippen LogP contribution in [0.25, 0.3) is 11.3 Å². The minimum atomic E-state index is -3.64. The standard InChI is InChI=1S/C19H18N2O5S/c1-12-19(21-13(2)26-12)15-4-6-16(7-5-15)27(22,23)20-10-14-3-8-17-18(9-14)25-11-24-17/h3-9,20H,10-11H2,1-2H3. The van der Waals surface area contributed by atoms with Gasteiger partial charge in [0.2, 0.25) is 16.8 Å². The maximum absolute atomic E-state index is 12.6. The predicted octanol–water partition coefficient (Wildman–Crippen LogP) is 3.17. The predicted molar refractivity (Wildman–Crippen MR) is 98.0 cm³/mol. The summed E-state index contributed by atoms with van der Waals surface area (Å²) in [5, 5.41) is 0. The molecule has 2 aromatic carbocycles. The third-order valence-corrected chi connectivity index (χ3v) is 5.66. The van der Waals surface area contributed by atoms with E-state index in [1.165, 1.54) is 0 Å². The lowest BCUT2D eigenvalue weighted by molar-refractivity contribution is 0.174. The largest absolute Gasteiger partial charge is 0.454 e. The van der Waals surface area contributed by atoms with Crippen LogP contribution in [0.5, 0.6) is 11.5 Å². The summed E-state index contributed by atoms with van der Waals surface area (Å²) in [4.78, 5) is 4.51. The topological polar surface area (TPSA) is 90.7 Å². The zero-order chi connectivity index (χ0) is 19.0. The summed E-state index contributed by atoms with van der Waals surface area (Å²) in [5.41, 5.74) is 2.30. The molecule has 0 bridgehead atoms. The van der Waals surface area contributed by atoms with Gasteiger partial charge in [0.25, 0.3) is 0 Å². The zero-order valence-corrected chi connectivity index (χ0v) is 15.7. The van der Waals surface area contributed by atoms with Crippen LogP contribution in [-0.4, -0.2) is 20.2 Å². The second-order valence-electron chi connectivity index (χ2n) is 6.17. The van der Waals surface area contributed by atoms with Crippen LogP contribution in [-0.2, 0) is 16.6 Å². The first-order valence-corrected chi connectivity index (χ1v) is 9.83. The van der Waals surface area contributed by atoms with Crippen molar-refractivity contribution < 1.29 is 22.3 Å². The number of ether oxygens (including phenoxy) is 2. The number of oxazole rings is 1. The number of sulfonamides is 1. The van der Waals surface area contributed by atoms with Gasteiger partial charge in [0, 0.05) is 19.0 Å². The molecular weight excluding hydrogens is 368 g/mol. The highest BCUT2D eigenvalue weighted by molar-refractivity contribution is 7.89. The van der Waals surface area contributed by atoms with Crippen LogP contribution in [0.15, 0.2) is 51.8 Å². The van der Waals surface area contributed by atoms with Gasteiger partial charge in [-0.15, -0.1) is 0 Å². The molecule has 140 valence electrons. The van der Waals surface area contributed by atoms with Crippen LogP contribution in [0.4, 0.5) is 0 Å². The first-order chi connectivity index (χ1) is 12.9. The van der Waals surface area contributed by atoms with Gasteiger partial charge in [-0.1, -0.05) is 18.2 Å². The second-order valence-corrected chi connectivity index (χ2v) is 7.94. The van der Waals surface area contributed by atoms with Crippen LogP contribution in [0.1, 0.15) is 17.2 Å². The van der Waals surface area contributed by atoms with Crippen molar-refractivity contribution in [2.24, 2.45) is 0 Å². The zero-order valence-electron chi connectivity index (χ0n) is 14.9. The highest BCUT2D eigenvalue weighted by Gasteiger charge is 2.17. The molecule has 0 spiro atoms. The number of nitrogens with one attached hydrogen (secondary N) is 1. The Labute approximate surface area is 157 Å². The lowest BCUT2D eigenvalue weighted by atomic mass is 10.1. The SMILES string of the molecule is Cc1nc(-c2ccc(S(=O)(=O)NCc3ccc4c(c3)OCO4)cc2)c(C)o1. The Hall–Kier alpha value is -2.84. The number of benzene rings is 2. The Bertz CT molecular complexity index is 1090. The van der Waals surface area contributed by atoms with E-state index in [9.17, 15) is 8.42 Å². The van der Waals surface area contributed by atoms with Crippen molar-refractivity contribution in [1.29, 1.82) is 0 Å². The Balaban J connectivity index is 1.49. The van der Waals surface area contributed by atoms with Crippen molar-refractivity contribution in [2.75, 3.05) is 6.79 Å². The van der Waals surface area contributed by atoms with Crippen molar-refractivity contribution in [1.82, 2.24) is 9.71 Å². The van der Waals surface area contributed by atoms with Gasteiger partial charge in [0.15, 0.2) is 17.4 Å². The van der Waals surface area contributed by atoms with Crippen LogP contribution in [0.2, 0.25) is 0 Å². The minimum absolute atomic E-state index is 0.155. The highest BCUT2D eigenvalue weighted by Crippen LogP contribution is 2.32. The summed E-state index contributed by atoms with van der Waals surface area (Å²) < 4.78 is 43.7. The molecule has 1 aliphatic heterocycles. The van der Waals surface area contributed by atoms with Gasteiger partial charge >= 0.3 is 0 Å². The van der Waals surface area contributed by atoms with Crippen LogP contribution >= 0.6 is 0 Å². The van der Waals surface area contributed by atoms with Crippen LogP contribution in [0.3, 0.4) is 0 Å². The van der Waals surface area contributed by atoms with Gasteiger partial charge in [-0.25, -0.2) is 18.1 Å². The fraction of sp³-hybridized carbons (Fsp3) is 0.211. The number of hydrogen-bond donors (Lipinski definition) is 1. The highest BCUT2D eigenvalue weighted by atomic mass is 32.2. The van der Waals surface area contributed by atoms with Gasteiger partial charge in [-0.2, -0.15) is 0 Å². The van der Waals surface area contributed by atoms with E-state index in [1.54, 1.807) is 49.4 Å². The molecular formula is C19H18N2O5S. The molecule has 4 rings (SSSR count). The summed E-state index contributed by atoms with van der Waals surface area (Å²) in [7, 11) is -3.64. The summed E-state index contributed by atoms with van der Waals surface area (Å²) >= 11 is 0. The van der Waals surface area contributed by atoms with Gasteiger partial charge in [-0.3, -0.25) is 0 Å². The van der Waals surface area contributed by atoms with Crippen molar-refractivity contribution in [3.05, 3.63) is 59.7 Å². The third-order valence-electron chi connectivity index (χ3n) is 4.24. The minimum Gasteiger partial charge on any atom is -0.454 e. The van der Waals surface area contributed by atoms with E-state index in [4.69, 9.17) is 13.9 Å². The summed E-state index contributed by atoms with van der Waals surface area (Å²) in [5.74, 6) is 2.55. The summed E-state index contributed by atoms with van der Waals surface area (Å²) in [6.45, 7) is 3.94. The third kappa shape index (κ3) is 3.54. The molecule has 0 unspecified atom stereocenters. The summed E-state index contributed by atoms with van der Waals surface area (Å²) in [6.07, 6.45) is 0. The summed E-state index contributed by atoms with van der Waals surface area (Å²) in [6, 6.07) is 11.9. The quantitative estimate of drug-likeness (QED) is 0.724. The van der Waals surface area contributed by atoms with E-state index in [2.05, 4.69) is 9.71 Å². The van der Waals surface area contributed by atoms with Crippen LogP contribution in [0, 0.1) is 13.8 Å². The number of aryl methyl sites for hydroxylation is 2. The van der Waals surface area contributed by atoms with E-state index in [0.717, 1.165) is 11.1 Å². The van der Waals surface area contributed by atoms with E-state index >= 15 is 0 Å². The first kappa shape index (κ1) is 17.6. The van der Waals surface area contributed by atoms with Crippen LogP contribution < -0.4 is 14.2 Å². The maximum atomic E-state index is 12.6. The lowest BCUT2D eigenvalue weighted by Crippen LogP contribution is -2.23. The average Bonchev–Trinajstić information content (AvgIpc) is 3.25. The molecule has 1 aliphatic rings. The van der Waals surface area contributed by atoms with Gasteiger partial charge in [0.1, 0.15) is 11.5 Å². The molecule has 0 fully saturated rings. The molecule has 7 nitrogen and oxygen atoms in total. The maximum Gasteiger partial charge on any atom is 0.240 e. The molecule has 3 aromatic rings. The van der Waals surface area contributed by atoms with E-state index in [1.807, 2.05) is 6.92 Å².